The third-order valence-electron chi connectivity index (χ3n) is 7.72. The van der Waals surface area contributed by atoms with Crippen LogP contribution >= 0.6 is 0 Å². The fourth-order valence-corrected chi connectivity index (χ4v) is 5.55. The maximum atomic E-state index is 12.2. The summed E-state index contributed by atoms with van der Waals surface area (Å²) in [5.41, 5.74) is 5.59. The van der Waals surface area contributed by atoms with E-state index in [1.807, 2.05) is 24.0 Å². The average Bonchev–Trinajstić information content (AvgIpc) is 2.97. The maximum Gasteiger partial charge on any atom is 0.246 e. The number of fused-ring (bicyclic) bond motifs is 1. The lowest BCUT2D eigenvalue weighted by molar-refractivity contribution is -0.126. The highest BCUT2D eigenvalue weighted by Crippen LogP contribution is 2.39. The molecule has 3 aromatic rings. The summed E-state index contributed by atoms with van der Waals surface area (Å²) in [6, 6.07) is 14.8. The summed E-state index contributed by atoms with van der Waals surface area (Å²) >= 11 is 0. The van der Waals surface area contributed by atoms with Crippen molar-refractivity contribution in [3.63, 3.8) is 0 Å². The lowest BCUT2D eigenvalue weighted by Gasteiger charge is -2.38. The Labute approximate surface area is 236 Å². The highest BCUT2D eigenvalue weighted by molar-refractivity contribution is 5.87. The van der Waals surface area contributed by atoms with Gasteiger partial charge in [0.25, 0.3) is 0 Å². The van der Waals surface area contributed by atoms with E-state index < -0.39 is 0 Å². The number of benzene rings is 1. The van der Waals surface area contributed by atoms with Gasteiger partial charge in [0.15, 0.2) is 5.75 Å². The van der Waals surface area contributed by atoms with Crippen LogP contribution in [0.2, 0.25) is 0 Å². The van der Waals surface area contributed by atoms with Gasteiger partial charge in [0.2, 0.25) is 11.8 Å². The van der Waals surface area contributed by atoms with Gasteiger partial charge in [-0.3, -0.25) is 14.7 Å². The molecule has 1 amide bonds. The fraction of sp³-hybridized carbons (Fsp3) is 0.375. The molecular weight excluding hydrogens is 500 g/mol. The molecule has 0 atom stereocenters. The lowest BCUT2D eigenvalue weighted by atomic mass is 9.95. The molecule has 1 saturated heterocycles. The molecular formula is C32H36N6O2. The summed E-state index contributed by atoms with van der Waals surface area (Å²) in [6.07, 6.45) is 3.95. The van der Waals surface area contributed by atoms with Crippen molar-refractivity contribution in [1.82, 2.24) is 19.8 Å². The van der Waals surface area contributed by atoms with Gasteiger partial charge in [-0.25, -0.2) is 0 Å². The van der Waals surface area contributed by atoms with Crippen LogP contribution in [0.25, 0.3) is 0 Å². The van der Waals surface area contributed by atoms with E-state index in [9.17, 15) is 10.1 Å². The Balaban J connectivity index is 1.56. The molecule has 5 rings (SSSR count). The molecule has 8 heteroatoms. The Hall–Kier alpha value is -4.22. The Bertz CT molecular complexity index is 1440. The van der Waals surface area contributed by atoms with Crippen LogP contribution < -0.4 is 9.64 Å². The second kappa shape index (κ2) is 11.9. The highest BCUT2D eigenvalue weighted by atomic mass is 16.5. The maximum absolute atomic E-state index is 12.2. The topological polar surface area (TPSA) is 85.6 Å². The average molecular weight is 537 g/mol. The monoisotopic (exact) mass is 536 g/mol. The van der Waals surface area contributed by atoms with E-state index in [-0.39, 0.29) is 11.8 Å². The predicted octanol–water partition coefficient (Wildman–Crippen LogP) is 4.97. The minimum Gasteiger partial charge on any atom is -0.435 e. The number of nitriles is 1. The van der Waals surface area contributed by atoms with Crippen molar-refractivity contribution in [2.45, 2.75) is 46.2 Å². The van der Waals surface area contributed by atoms with Crippen molar-refractivity contribution in [2.75, 3.05) is 37.6 Å². The van der Waals surface area contributed by atoms with Crippen LogP contribution in [0.5, 0.6) is 11.6 Å². The predicted molar refractivity (Wildman–Crippen MR) is 155 cm³/mol. The molecule has 2 aliphatic heterocycles. The van der Waals surface area contributed by atoms with Crippen LogP contribution in [0.3, 0.4) is 0 Å². The van der Waals surface area contributed by atoms with Gasteiger partial charge in [-0.05, 0) is 48.1 Å². The molecule has 8 nitrogen and oxygen atoms in total. The molecule has 0 radical (unpaired) electrons. The van der Waals surface area contributed by atoms with E-state index in [4.69, 9.17) is 9.72 Å². The number of aromatic nitrogens is 2. The first-order chi connectivity index (χ1) is 19.4. The number of carbonyl (C=O) groups is 1. The van der Waals surface area contributed by atoms with Crippen LogP contribution in [0, 0.1) is 18.3 Å². The van der Waals surface area contributed by atoms with Crippen molar-refractivity contribution in [1.29, 1.82) is 5.26 Å². The second-order valence-electron chi connectivity index (χ2n) is 10.7. The van der Waals surface area contributed by atoms with Crippen molar-refractivity contribution >= 4 is 11.7 Å². The number of piperazine rings is 1. The first-order valence-corrected chi connectivity index (χ1v) is 13.9. The Morgan fingerprint density at radius 3 is 2.55 bits per heavy atom. The van der Waals surface area contributed by atoms with Gasteiger partial charge in [-0.2, -0.15) is 10.2 Å². The number of hydrogen-bond acceptors (Lipinski definition) is 7. The van der Waals surface area contributed by atoms with Crippen LogP contribution in [0.4, 0.5) is 5.82 Å². The smallest absolute Gasteiger partial charge is 0.246 e. The molecule has 0 bridgehead atoms. The third-order valence-corrected chi connectivity index (χ3v) is 7.72. The molecule has 2 aliphatic rings. The summed E-state index contributed by atoms with van der Waals surface area (Å²) < 4.78 is 6.53. The van der Waals surface area contributed by atoms with Crippen molar-refractivity contribution in [3.8, 4) is 17.7 Å². The van der Waals surface area contributed by atoms with Gasteiger partial charge in [0, 0.05) is 57.6 Å². The minimum atomic E-state index is -0.0525. The SMILES string of the molecule is C=CC(=O)N1CCN(c2nc(Oc3c(C)ccnc3C(C)C)c(C#N)c3c2CCN(Cc2ccccc2)C3)CC1. The molecule has 1 aromatic carbocycles. The van der Waals surface area contributed by atoms with Crippen molar-refractivity contribution in [3.05, 3.63) is 88.8 Å². The van der Waals surface area contributed by atoms with Crippen LogP contribution in [0.15, 0.2) is 55.3 Å². The van der Waals surface area contributed by atoms with E-state index in [2.05, 4.69) is 65.5 Å². The van der Waals surface area contributed by atoms with Gasteiger partial charge >= 0.3 is 0 Å². The molecule has 4 heterocycles. The lowest BCUT2D eigenvalue weighted by Crippen LogP contribution is -2.49. The molecule has 0 saturated carbocycles. The summed E-state index contributed by atoms with van der Waals surface area (Å²) in [7, 11) is 0. The molecule has 206 valence electrons. The van der Waals surface area contributed by atoms with E-state index in [1.165, 1.54) is 11.6 Å². The number of anilines is 1. The zero-order chi connectivity index (χ0) is 28.2. The summed E-state index contributed by atoms with van der Waals surface area (Å²) in [5, 5.41) is 10.4. The number of hydrogen-bond donors (Lipinski definition) is 0. The Morgan fingerprint density at radius 2 is 1.88 bits per heavy atom. The minimum absolute atomic E-state index is 0.0525. The van der Waals surface area contributed by atoms with Gasteiger partial charge in [-0.1, -0.05) is 50.8 Å². The standard InChI is InChI=1S/C32H36N6O2/c1-5-28(39)37-15-17-38(18-16-37)31-25-12-14-36(20-24-9-7-6-8-10-24)21-27(25)26(19-33)32(35-31)40-30-23(4)11-13-34-29(30)22(2)3/h5-11,13,22H,1,12,14-18,20-21H2,2-4H3. The highest BCUT2D eigenvalue weighted by Gasteiger charge is 2.31. The number of amides is 1. The van der Waals surface area contributed by atoms with E-state index in [0.717, 1.165) is 47.7 Å². The number of ether oxygens (including phenoxy) is 1. The second-order valence-corrected chi connectivity index (χ2v) is 10.7. The van der Waals surface area contributed by atoms with Crippen LogP contribution in [-0.2, 0) is 24.3 Å². The van der Waals surface area contributed by atoms with Crippen molar-refractivity contribution < 1.29 is 9.53 Å². The zero-order valence-corrected chi connectivity index (χ0v) is 23.6. The van der Waals surface area contributed by atoms with Gasteiger partial charge in [-0.15, -0.1) is 0 Å². The molecule has 2 aromatic heterocycles. The molecule has 0 spiro atoms. The van der Waals surface area contributed by atoms with E-state index in [0.29, 0.717) is 49.9 Å². The zero-order valence-electron chi connectivity index (χ0n) is 23.6. The molecule has 1 fully saturated rings. The summed E-state index contributed by atoms with van der Waals surface area (Å²) in [4.78, 5) is 28.2. The van der Waals surface area contributed by atoms with Crippen molar-refractivity contribution in [2.24, 2.45) is 0 Å². The largest absolute Gasteiger partial charge is 0.435 e. The summed E-state index contributed by atoms with van der Waals surface area (Å²) in [6.45, 7) is 14.6. The van der Waals surface area contributed by atoms with Crippen LogP contribution in [0.1, 0.15) is 53.3 Å². The third kappa shape index (κ3) is 5.56. The van der Waals surface area contributed by atoms with Gasteiger partial charge in [0.05, 0.1) is 5.69 Å². The summed E-state index contributed by atoms with van der Waals surface area (Å²) in [5.74, 6) is 1.92. The Kier molecular flexibility index (Phi) is 8.13. The number of rotatable bonds is 7. The first-order valence-electron chi connectivity index (χ1n) is 13.9. The van der Waals surface area contributed by atoms with Gasteiger partial charge in [0.1, 0.15) is 17.5 Å². The van der Waals surface area contributed by atoms with Gasteiger partial charge < -0.3 is 14.5 Å². The number of carbonyl (C=O) groups excluding carboxylic acids is 1. The van der Waals surface area contributed by atoms with E-state index >= 15 is 0 Å². The fourth-order valence-electron chi connectivity index (χ4n) is 5.55. The quantitative estimate of drug-likeness (QED) is 0.394. The van der Waals surface area contributed by atoms with Crippen LogP contribution in [-0.4, -0.2) is 58.4 Å². The molecule has 0 unspecified atom stereocenters. The molecule has 0 aliphatic carbocycles. The van der Waals surface area contributed by atoms with E-state index in [1.54, 1.807) is 6.20 Å². The molecule has 40 heavy (non-hydrogen) atoms. The molecule has 0 N–H and O–H groups in total. The number of pyridine rings is 2. The number of aryl methyl sites for hydroxylation is 1. The first kappa shape index (κ1) is 27.4. The normalized spacial score (nSPS) is 15.5. The Morgan fingerprint density at radius 1 is 1.12 bits per heavy atom. The number of nitrogens with zero attached hydrogens (tertiary/aromatic N) is 6.